The average Bonchev–Trinajstić information content (AvgIpc) is 2.45. The van der Waals surface area contributed by atoms with Crippen LogP contribution in [0, 0.1) is 13.8 Å². The van der Waals surface area contributed by atoms with Crippen molar-refractivity contribution in [3.63, 3.8) is 0 Å². The first-order valence-corrected chi connectivity index (χ1v) is 7.02. The maximum Gasteiger partial charge on any atom is 0.188 e. The molecule has 0 heterocycles. The lowest BCUT2D eigenvalue weighted by molar-refractivity contribution is 0.0511. The van der Waals surface area contributed by atoms with Crippen LogP contribution in [0.4, 0.5) is 0 Å². The lowest BCUT2D eigenvalue weighted by Gasteiger charge is -2.05. The highest BCUT2D eigenvalue weighted by molar-refractivity contribution is 6.31. The Kier molecular flexibility index (Phi) is 7.37. The highest BCUT2D eigenvalue weighted by atomic mass is 35.5. The van der Waals surface area contributed by atoms with Crippen molar-refractivity contribution < 1.29 is 14.6 Å². The summed E-state index contributed by atoms with van der Waals surface area (Å²) in [5.74, 6) is 1.04. The molecule has 21 heavy (non-hydrogen) atoms. The fourth-order valence-corrected chi connectivity index (χ4v) is 1.70. The van der Waals surface area contributed by atoms with Crippen LogP contribution < -0.4 is 4.74 Å². The molecule has 0 fully saturated rings. The van der Waals surface area contributed by atoms with Gasteiger partial charge in [0.05, 0.1) is 0 Å². The molecule has 2 aromatic rings. The number of rotatable bonds is 3. The largest absolute Gasteiger partial charge is 0.508 e. The molecular formula is C16H18Cl2O3. The van der Waals surface area contributed by atoms with E-state index in [0.29, 0.717) is 5.02 Å². The van der Waals surface area contributed by atoms with Gasteiger partial charge in [0, 0.05) is 17.2 Å². The first-order chi connectivity index (χ1) is 9.93. The maximum absolute atomic E-state index is 8.88. The van der Waals surface area contributed by atoms with Gasteiger partial charge < -0.3 is 14.6 Å². The summed E-state index contributed by atoms with van der Waals surface area (Å²) in [7, 11) is 1.59. The number of halogens is 2. The van der Waals surface area contributed by atoms with Crippen LogP contribution in [-0.2, 0) is 4.74 Å². The third kappa shape index (κ3) is 6.25. The van der Waals surface area contributed by atoms with Crippen molar-refractivity contribution in [1.82, 2.24) is 0 Å². The van der Waals surface area contributed by atoms with Gasteiger partial charge in [-0.25, -0.2) is 0 Å². The van der Waals surface area contributed by atoms with Gasteiger partial charge in [-0.2, -0.15) is 0 Å². The van der Waals surface area contributed by atoms with Crippen LogP contribution in [0.5, 0.6) is 11.5 Å². The summed E-state index contributed by atoms with van der Waals surface area (Å²) in [6, 6.07) is 10.4. The smallest absolute Gasteiger partial charge is 0.188 e. The van der Waals surface area contributed by atoms with Crippen molar-refractivity contribution in [2.75, 3.05) is 13.9 Å². The Balaban J connectivity index is 0.000000219. The molecule has 3 nitrogen and oxygen atoms in total. The summed E-state index contributed by atoms with van der Waals surface area (Å²) >= 11 is 11.5. The molecule has 0 aliphatic carbocycles. The van der Waals surface area contributed by atoms with Crippen molar-refractivity contribution in [3.8, 4) is 11.5 Å². The Morgan fingerprint density at radius 2 is 1.52 bits per heavy atom. The van der Waals surface area contributed by atoms with Crippen LogP contribution in [0.2, 0.25) is 10.0 Å². The standard InChI is InChI=1S/C9H11ClO2.C7H7ClO/c1-7-5-8(12-6-11-2)3-4-9(7)10;1-5-4-6(9)2-3-7(5)8/h3-5H,6H2,1-2H3;2-4,9H,1H3. The van der Waals surface area contributed by atoms with Crippen LogP contribution in [-0.4, -0.2) is 19.0 Å². The van der Waals surface area contributed by atoms with Crippen LogP contribution in [0.25, 0.3) is 0 Å². The zero-order valence-corrected chi connectivity index (χ0v) is 13.7. The van der Waals surface area contributed by atoms with Gasteiger partial charge >= 0.3 is 0 Å². The molecule has 0 spiro atoms. The van der Waals surface area contributed by atoms with E-state index in [1.807, 2.05) is 32.0 Å². The number of benzene rings is 2. The van der Waals surface area contributed by atoms with E-state index in [-0.39, 0.29) is 12.5 Å². The monoisotopic (exact) mass is 328 g/mol. The zero-order valence-electron chi connectivity index (χ0n) is 12.2. The van der Waals surface area contributed by atoms with Crippen molar-refractivity contribution in [2.24, 2.45) is 0 Å². The van der Waals surface area contributed by atoms with Gasteiger partial charge in [0.2, 0.25) is 0 Å². The summed E-state index contributed by atoms with van der Waals surface area (Å²) in [5.41, 5.74) is 1.90. The summed E-state index contributed by atoms with van der Waals surface area (Å²) in [6.07, 6.45) is 0. The van der Waals surface area contributed by atoms with Gasteiger partial charge in [-0.1, -0.05) is 23.2 Å². The summed E-state index contributed by atoms with van der Waals surface area (Å²) in [6.45, 7) is 4.05. The second-order valence-electron chi connectivity index (χ2n) is 4.40. The number of aryl methyl sites for hydroxylation is 2. The Labute approximate surface area is 135 Å². The number of phenolic OH excluding ortho intramolecular Hbond substituents is 1. The summed E-state index contributed by atoms with van der Waals surface area (Å²) in [4.78, 5) is 0. The number of hydrogen-bond acceptors (Lipinski definition) is 3. The van der Waals surface area contributed by atoms with Crippen LogP contribution in [0.15, 0.2) is 36.4 Å². The predicted octanol–water partition coefficient (Wildman–Crippen LogP) is 4.99. The zero-order chi connectivity index (χ0) is 15.8. The molecule has 0 saturated heterocycles. The third-order valence-corrected chi connectivity index (χ3v) is 3.46. The molecule has 2 rings (SSSR count). The van der Waals surface area contributed by atoms with Gasteiger partial charge in [0.1, 0.15) is 11.5 Å². The minimum Gasteiger partial charge on any atom is -0.508 e. The molecule has 0 aliphatic rings. The first-order valence-electron chi connectivity index (χ1n) is 6.27. The van der Waals surface area contributed by atoms with Gasteiger partial charge in [-0.05, 0) is 61.4 Å². The van der Waals surface area contributed by atoms with E-state index < -0.39 is 0 Å². The second-order valence-corrected chi connectivity index (χ2v) is 5.21. The summed E-state index contributed by atoms with van der Waals surface area (Å²) < 4.78 is 9.97. The Bertz CT molecular complexity index is 586. The Morgan fingerprint density at radius 1 is 0.952 bits per heavy atom. The molecule has 5 heteroatoms. The Hall–Kier alpha value is -1.42. The number of aromatic hydroxyl groups is 1. The highest BCUT2D eigenvalue weighted by Gasteiger charge is 1.97. The van der Waals surface area contributed by atoms with E-state index in [1.54, 1.807) is 25.3 Å². The molecular weight excluding hydrogens is 311 g/mol. The Morgan fingerprint density at radius 3 is 2.00 bits per heavy atom. The quantitative estimate of drug-likeness (QED) is 0.807. The molecule has 0 saturated carbocycles. The van der Waals surface area contributed by atoms with Gasteiger partial charge in [-0.3, -0.25) is 0 Å². The predicted molar refractivity (Wildman–Crippen MR) is 86.5 cm³/mol. The number of methoxy groups -OCH3 is 1. The van der Waals surface area contributed by atoms with Crippen LogP contribution >= 0.6 is 23.2 Å². The van der Waals surface area contributed by atoms with E-state index in [0.717, 1.165) is 21.9 Å². The number of hydrogen-bond donors (Lipinski definition) is 1. The molecule has 0 unspecified atom stereocenters. The minimum atomic E-state index is 0.261. The van der Waals surface area contributed by atoms with Gasteiger partial charge in [0.15, 0.2) is 6.79 Å². The number of phenols is 1. The molecule has 2 aromatic carbocycles. The van der Waals surface area contributed by atoms with Crippen LogP contribution in [0.3, 0.4) is 0 Å². The molecule has 0 bridgehead atoms. The molecule has 114 valence electrons. The fraction of sp³-hybridized carbons (Fsp3) is 0.250. The molecule has 1 N–H and O–H groups in total. The van der Waals surface area contributed by atoms with E-state index in [4.69, 9.17) is 37.8 Å². The lowest BCUT2D eigenvalue weighted by Crippen LogP contribution is -1.98. The normalized spacial score (nSPS) is 9.76. The third-order valence-electron chi connectivity index (χ3n) is 2.61. The maximum atomic E-state index is 8.88. The van der Waals surface area contributed by atoms with Crippen molar-refractivity contribution >= 4 is 23.2 Å². The second kappa shape index (κ2) is 8.78. The highest BCUT2D eigenvalue weighted by Crippen LogP contribution is 2.21. The molecule has 0 amide bonds. The van der Waals surface area contributed by atoms with Crippen molar-refractivity contribution in [1.29, 1.82) is 0 Å². The SMILES string of the molecule is COCOc1ccc(Cl)c(C)c1.Cc1cc(O)ccc1Cl. The molecule has 0 atom stereocenters. The first kappa shape index (κ1) is 17.6. The van der Waals surface area contributed by atoms with Crippen molar-refractivity contribution in [2.45, 2.75) is 13.8 Å². The molecule has 0 aliphatic heterocycles. The number of ether oxygens (including phenoxy) is 2. The summed E-state index contributed by atoms with van der Waals surface area (Å²) in [5, 5.41) is 10.3. The van der Waals surface area contributed by atoms with Gasteiger partial charge in [0.25, 0.3) is 0 Å². The average molecular weight is 329 g/mol. The molecule has 0 aromatic heterocycles. The van der Waals surface area contributed by atoms with E-state index in [9.17, 15) is 0 Å². The topological polar surface area (TPSA) is 38.7 Å². The van der Waals surface area contributed by atoms with E-state index >= 15 is 0 Å². The minimum absolute atomic E-state index is 0.261. The fourth-order valence-electron chi connectivity index (χ4n) is 1.46. The molecule has 0 radical (unpaired) electrons. The van der Waals surface area contributed by atoms with E-state index in [1.165, 1.54) is 0 Å². The van der Waals surface area contributed by atoms with E-state index in [2.05, 4.69) is 0 Å². The lowest BCUT2D eigenvalue weighted by atomic mass is 10.2. The van der Waals surface area contributed by atoms with Gasteiger partial charge in [-0.15, -0.1) is 0 Å². The van der Waals surface area contributed by atoms with Crippen LogP contribution in [0.1, 0.15) is 11.1 Å². The van der Waals surface area contributed by atoms with Crippen molar-refractivity contribution in [3.05, 3.63) is 57.6 Å².